The summed E-state index contributed by atoms with van der Waals surface area (Å²) in [5, 5.41) is 6.85. The number of hydrogen-bond donors (Lipinski definition) is 1. The van der Waals surface area contributed by atoms with Crippen molar-refractivity contribution in [1.29, 1.82) is 0 Å². The third kappa shape index (κ3) is 2.74. The highest BCUT2D eigenvalue weighted by Crippen LogP contribution is 2.35. The number of aromatic amines is 1. The molecule has 0 aliphatic carbocycles. The van der Waals surface area contributed by atoms with Crippen LogP contribution in [0.1, 0.15) is 31.0 Å². The van der Waals surface area contributed by atoms with Crippen LogP contribution in [0.5, 0.6) is 5.75 Å². The van der Waals surface area contributed by atoms with E-state index in [1.54, 1.807) is 34.8 Å². The number of sulfonamides is 1. The van der Waals surface area contributed by atoms with Crippen LogP contribution >= 0.6 is 0 Å². The standard InChI is InChI=1S/C15H19N3O3S/c1-21-12-5-4-6-13(11-12)22(19,20)18-10-3-2-7-15(18)14-8-9-16-17-14/h4-6,8-9,11,15H,2-3,7,10H2,1H3,(H,16,17)/t15-/m1/s1. The molecule has 1 aliphatic heterocycles. The number of aromatic nitrogens is 2. The maximum Gasteiger partial charge on any atom is 0.243 e. The van der Waals surface area contributed by atoms with Crippen LogP contribution in [-0.2, 0) is 10.0 Å². The van der Waals surface area contributed by atoms with Gasteiger partial charge in [-0.3, -0.25) is 5.10 Å². The van der Waals surface area contributed by atoms with E-state index in [4.69, 9.17) is 4.74 Å². The summed E-state index contributed by atoms with van der Waals surface area (Å²) in [6, 6.07) is 8.25. The first kappa shape index (κ1) is 15.1. The van der Waals surface area contributed by atoms with Gasteiger partial charge in [0.15, 0.2) is 0 Å². The van der Waals surface area contributed by atoms with Gasteiger partial charge in [-0.2, -0.15) is 9.40 Å². The van der Waals surface area contributed by atoms with Gasteiger partial charge in [0.25, 0.3) is 0 Å². The van der Waals surface area contributed by atoms with E-state index in [9.17, 15) is 8.42 Å². The smallest absolute Gasteiger partial charge is 0.243 e. The van der Waals surface area contributed by atoms with Gasteiger partial charge in [-0.1, -0.05) is 12.5 Å². The Morgan fingerprint density at radius 2 is 2.18 bits per heavy atom. The van der Waals surface area contributed by atoms with Crippen molar-refractivity contribution < 1.29 is 13.2 Å². The second kappa shape index (κ2) is 6.10. The Morgan fingerprint density at radius 3 is 2.91 bits per heavy atom. The fraction of sp³-hybridized carbons (Fsp3) is 0.400. The average Bonchev–Trinajstić information content (AvgIpc) is 3.09. The van der Waals surface area contributed by atoms with Gasteiger partial charge in [0.2, 0.25) is 10.0 Å². The highest BCUT2D eigenvalue weighted by Gasteiger charge is 2.35. The maximum atomic E-state index is 13.0. The number of nitrogens with one attached hydrogen (secondary N) is 1. The van der Waals surface area contributed by atoms with Crippen LogP contribution in [0.15, 0.2) is 41.4 Å². The average molecular weight is 321 g/mol. The van der Waals surface area contributed by atoms with Crippen molar-refractivity contribution in [3.05, 3.63) is 42.2 Å². The zero-order valence-corrected chi connectivity index (χ0v) is 13.2. The molecule has 1 aromatic heterocycles. The summed E-state index contributed by atoms with van der Waals surface area (Å²) in [5.74, 6) is 0.538. The molecule has 22 heavy (non-hydrogen) atoms. The first-order chi connectivity index (χ1) is 10.6. The fourth-order valence-electron chi connectivity index (χ4n) is 2.85. The van der Waals surface area contributed by atoms with E-state index in [-0.39, 0.29) is 10.9 Å². The third-order valence-electron chi connectivity index (χ3n) is 3.98. The number of nitrogens with zero attached hydrogens (tertiary/aromatic N) is 2. The van der Waals surface area contributed by atoms with Gasteiger partial charge in [-0.15, -0.1) is 0 Å². The van der Waals surface area contributed by atoms with Gasteiger partial charge in [0.1, 0.15) is 5.75 Å². The van der Waals surface area contributed by atoms with Gasteiger partial charge < -0.3 is 4.74 Å². The van der Waals surface area contributed by atoms with Crippen molar-refractivity contribution in [2.45, 2.75) is 30.2 Å². The molecule has 7 heteroatoms. The van der Waals surface area contributed by atoms with E-state index in [2.05, 4.69) is 10.2 Å². The molecule has 1 fully saturated rings. The second-order valence-electron chi connectivity index (χ2n) is 5.32. The SMILES string of the molecule is COc1cccc(S(=O)(=O)N2CCCC[C@@H]2c2ccn[nH]2)c1. The molecule has 0 spiro atoms. The minimum atomic E-state index is -3.56. The molecular formula is C15H19N3O3S. The molecule has 6 nitrogen and oxygen atoms in total. The molecular weight excluding hydrogens is 302 g/mol. The highest BCUT2D eigenvalue weighted by atomic mass is 32.2. The Bertz CT molecular complexity index is 728. The van der Waals surface area contributed by atoms with Crippen molar-refractivity contribution in [3.8, 4) is 5.75 Å². The van der Waals surface area contributed by atoms with Crippen molar-refractivity contribution in [2.24, 2.45) is 0 Å². The zero-order chi connectivity index (χ0) is 15.6. The summed E-state index contributed by atoms with van der Waals surface area (Å²) >= 11 is 0. The number of benzene rings is 1. The van der Waals surface area contributed by atoms with Crippen LogP contribution in [0.2, 0.25) is 0 Å². The Kier molecular flexibility index (Phi) is 4.17. The second-order valence-corrected chi connectivity index (χ2v) is 7.21. The lowest BCUT2D eigenvalue weighted by Gasteiger charge is -2.34. The van der Waals surface area contributed by atoms with E-state index in [0.717, 1.165) is 25.0 Å². The van der Waals surface area contributed by atoms with E-state index < -0.39 is 10.0 Å². The molecule has 3 rings (SSSR count). The molecule has 1 saturated heterocycles. The van der Waals surface area contributed by atoms with Crippen LogP contribution in [0.4, 0.5) is 0 Å². The van der Waals surface area contributed by atoms with E-state index in [1.165, 1.54) is 7.11 Å². The lowest BCUT2D eigenvalue weighted by molar-refractivity contribution is 0.251. The van der Waals surface area contributed by atoms with E-state index >= 15 is 0 Å². The zero-order valence-electron chi connectivity index (χ0n) is 12.4. The monoisotopic (exact) mass is 321 g/mol. The maximum absolute atomic E-state index is 13.0. The molecule has 118 valence electrons. The van der Waals surface area contributed by atoms with Crippen LogP contribution in [0.25, 0.3) is 0 Å². The van der Waals surface area contributed by atoms with Crippen LogP contribution in [-0.4, -0.2) is 36.6 Å². The molecule has 0 bridgehead atoms. The minimum absolute atomic E-state index is 0.188. The van der Waals surface area contributed by atoms with Crippen LogP contribution in [0, 0.1) is 0 Å². The Morgan fingerprint density at radius 1 is 1.32 bits per heavy atom. The summed E-state index contributed by atoms with van der Waals surface area (Å²) in [5.41, 5.74) is 0.839. The first-order valence-corrected chi connectivity index (χ1v) is 8.72. The van der Waals surface area contributed by atoms with Crippen LogP contribution in [0.3, 0.4) is 0 Å². The normalized spacial score (nSPS) is 20.0. The number of piperidine rings is 1. The van der Waals surface area contributed by atoms with Gasteiger partial charge in [0.05, 0.1) is 23.7 Å². The Balaban J connectivity index is 1.98. The molecule has 1 aliphatic rings. The molecule has 0 unspecified atom stereocenters. The van der Waals surface area contributed by atoms with E-state index in [0.29, 0.717) is 12.3 Å². The number of rotatable bonds is 4. The van der Waals surface area contributed by atoms with E-state index in [1.807, 2.05) is 6.07 Å². The first-order valence-electron chi connectivity index (χ1n) is 7.28. The van der Waals surface area contributed by atoms with Crippen molar-refractivity contribution >= 4 is 10.0 Å². The lowest BCUT2D eigenvalue weighted by atomic mass is 10.0. The predicted molar refractivity (Wildman–Crippen MR) is 82.1 cm³/mol. The van der Waals surface area contributed by atoms with Gasteiger partial charge in [0, 0.05) is 18.8 Å². The third-order valence-corrected chi connectivity index (χ3v) is 5.89. The van der Waals surface area contributed by atoms with Crippen molar-refractivity contribution in [2.75, 3.05) is 13.7 Å². The number of H-pyrrole nitrogens is 1. The topological polar surface area (TPSA) is 75.3 Å². The summed E-state index contributed by atoms with van der Waals surface area (Å²) in [6.07, 6.45) is 4.33. The number of ether oxygens (including phenoxy) is 1. The fourth-order valence-corrected chi connectivity index (χ4v) is 4.56. The van der Waals surface area contributed by atoms with Crippen molar-refractivity contribution in [1.82, 2.24) is 14.5 Å². The molecule has 0 radical (unpaired) electrons. The molecule has 0 amide bonds. The lowest BCUT2D eigenvalue weighted by Crippen LogP contribution is -2.38. The molecule has 2 aromatic rings. The Hall–Kier alpha value is -1.86. The summed E-state index contributed by atoms with van der Waals surface area (Å²) in [4.78, 5) is 0.262. The Labute approximate surface area is 130 Å². The molecule has 1 aromatic carbocycles. The van der Waals surface area contributed by atoms with Crippen molar-refractivity contribution in [3.63, 3.8) is 0 Å². The number of hydrogen-bond acceptors (Lipinski definition) is 4. The highest BCUT2D eigenvalue weighted by molar-refractivity contribution is 7.89. The summed E-state index contributed by atoms with van der Waals surface area (Å²) < 4.78 is 32.7. The quantitative estimate of drug-likeness (QED) is 0.938. The molecule has 1 atom stereocenters. The molecule has 0 saturated carbocycles. The largest absolute Gasteiger partial charge is 0.497 e. The summed E-state index contributed by atoms with van der Waals surface area (Å²) in [6.45, 7) is 0.517. The van der Waals surface area contributed by atoms with Crippen LogP contribution < -0.4 is 4.74 Å². The predicted octanol–water partition coefficient (Wildman–Crippen LogP) is 2.33. The number of methoxy groups -OCH3 is 1. The molecule has 1 N–H and O–H groups in total. The summed E-state index contributed by atoms with van der Waals surface area (Å²) in [7, 11) is -2.04. The van der Waals surface area contributed by atoms with Gasteiger partial charge >= 0.3 is 0 Å². The molecule has 2 heterocycles. The van der Waals surface area contributed by atoms with Gasteiger partial charge in [-0.05, 0) is 31.0 Å². The minimum Gasteiger partial charge on any atom is -0.497 e. The van der Waals surface area contributed by atoms with Gasteiger partial charge in [-0.25, -0.2) is 8.42 Å².